The van der Waals surface area contributed by atoms with Crippen LogP contribution in [0.5, 0.6) is 0 Å². The van der Waals surface area contributed by atoms with Crippen LogP contribution in [0.15, 0.2) is 24.3 Å². The molecule has 1 aliphatic carbocycles. The Bertz CT molecular complexity index is 738. The molecule has 1 aromatic rings. The Balaban J connectivity index is 1.46. The molecule has 1 aromatic carbocycles. The predicted octanol–water partition coefficient (Wildman–Crippen LogP) is 3.94. The molecule has 1 aliphatic heterocycles. The molecule has 1 saturated carbocycles. The Morgan fingerprint density at radius 2 is 1.71 bits per heavy atom. The Morgan fingerprint density at radius 1 is 1.11 bits per heavy atom. The molecule has 0 bridgehead atoms. The zero-order valence-electron chi connectivity index (χ0n) is 18.0. The van der Waals surface area contributed by atoms with Gasteiger partial charge in [-0.25, -0.2) is 4.79 Å². The molecule has 5 heteroatoms. The van der Waals surface area contributed by atoms with Crippen molar-refractivity contribution in [2.45, 2.75) is 65.5 Å². The number of aryl methyl sites for hydroxylation is 2. The molecule has 2 amide bonds. The smallest absolute Gasteiger partial charge is 0.410 e. The quantitative estimate of drug-likeness (QED) is 0.834. The lowest BCUT2D eigenvalue weighted by Gasteiger charge is -2.28. The van der Waals surface area contributed by atoms with E-state index in [-0.39, 0.29) is 35.3 Å². The van der Waals surface area contributed by atoms with Gasteiger partial charge in [0.15, 0.2) is 0 Å². The Hall–Kier alpha value is -2.04. The second kappa shape index (κ2) is 7.41. The van der Waals surface area contributed by atoms with Gasteiger partial charge in [0.05, 0.1) is 0 Å². The second-order valence-electron chi connectivity index (χ2n) is 10.0. The molecule has 3 rings (SSSR count). The first-order valence-electron chi connectivity index (χ1n) is 10.3. The molecule has 2 aliphatic rings. The third-order valence-electron chi connectivity index (χ3n) is 5.89. The van der Waals surface area contributed by atoms with E-state index in [2.05, 4.69) is 50.4 Å². The molecular weight excluding hydrogens is 352 g/mol. The van der Waals surface area contributed by atoms with Crippen molar-refractivity contribution in [3.63, 3.8) is 0 Å². The van der Waals surface area contributed by atoms with Crippen molar-refractivity contribution in [2.75, 3.05) is 13.1 Å². The van der Waals surface area contributed by atoms with E-state index >= 15 is 0 Å². The van der Waals surface area contributed by atoms with Crippen LogP contribution in [0.3, 0.4) is 0 Å². The minimum atomic E-state index is -0.484. The number of hydrogen-bond donors (Lipinski definition) is 1. The number of piperidine rings is 1. The van der Waals surface area contributed by atoms with Gasteiger partial charge < -0.3 is 15.0 Å². The molecular formula is C23H34N2O3. The zero-order chi connectivity index (χ0) is 20.7. The summed E-state index contributed by atoms with van der Waals surface area (Å²) in [5, 5.41) is 3.25. The lowest BCUT2D eigenvalue weighted by Crippen LogP contribution is -2.46. The minimum absolute atomic E-state index is 0.0384. The number of likely N-dealkylation sites (tertiary alicyclic amines) is 1. The Labute approximate surface area is 168 Å². The van der Waals surface area contributed by atoms with Crippen LogP contribution in [-0.4, -0.2) is 41.1 Å². The summed E-state index contributed by atoms with van der Waals surface area (Å²) in [5.74, 6) is 0.726. The normalized spacial score (nSPS) is 23.9. The van der Waals surface area contributed by atoms with Crippen molar-refractivity contribution in [1.82, 2.24) is 10.2 Å². The topological polar surface area (TPSA) is 58.6 Å². The number of benzene rings is 1. The van der Waals surface area contributed by atoms with Gasteiger partial charge in [-0.3, -0.25) is 4.79 Å². The van der Waals surface area contributed by atoms with E-state index in [1.807, 2.05) is 20.8 Å². The van der Waals surface area contributed by atoms with Gasteiger partial charge in [-0.05, 0) is 77.3 Å². The lowest BCUT2D eigenvalue weighted by molar-refractivity contribution is -0.125. The molecule has 1 N–H and O–H groups in total. The third-order valence-corrected chi connectivity index (χ3v) is 5.89. The summed E-state index contributed by atoms with van der Waals surface area (Å²) in [7, 11) is 0. The Morgan fingerprint density at radius 3 is 2.29 bits per heavy atom. The van der Waals surface area contributed by atoms with E-state index < -0.39 is 5.60 Å². The number of amides is 2. The van der Waals surface area contributed by atoms with Crippen molar-refractivity contribution >= 4 is 12.0 Å². The zero-order valence-corrected chi connectivity index (χ0v) is 18.0. The van der Waals surface area contributed by atoms with Gasteiger partial charge >= 0.3 is 6.09 Å². The Kier molecular flexibility index (Phi) is 5.48. The monoisotopic (exact) mass is 386 g/mol. The fourth-order valence-electron chi connectivity index (χ4n) is 4.21. The van der Waals surface area contributed by atoms with Gasteiger partial charge in [-0.15, -0.1) is 0 Å². The first-order valence-corrected chi connectivity index (χ1v) is 10.3. The number of ether oxygens (including phenoxy) is 1. The average Bonchev–Trinajstić information content (AvgIpc) is 3.07. The molecule has 3 atom stereocenters. The summed E-state index contributed by atoms with van der Waals surface area (Å²) in [6.45, 7) is 13.2. The molecule has 28 heavy (non-hydrogen) atoms. The third kappa shape index (κ3) is 4.86. The highest BCUT2D eigenvalue weighted by Crippen LogP contribution is 2.52. The largest absolute Gasteiger partial charge is 0.444 e. The maximum atomic E-state index is 12.8. The van der Waals surface area contributed by atoms with Crippen LogP contribution in [-0.2, 0) is 16.0 Å². The number of nitrogens with one attached hydrogen (secondary N) is 1. The summed E-state index contributed by atoms with van der Waals surface area (Å²) in [5.41, 5.74) is 1.90. The van der Waals surface area contributed by atoms with E-state index in [4.69, 9.17) is 4.74 Å². The van der Waals surface area contributed by atoms with Crippen LogP contribution in [0.2, 0.25) is 0 Å². The van der Waals surface area contributed by atoms with Crippen molar-refractivity contribution in [1.29, 1.82) is 0 Å². The molecule has 1 heterocycles. The molecule has 154 valence electrons. The van der Waals surface area contributed by atoms with Gasteiger partial charge in [-0.1, -0.05) is 24.3 Å². The number of carbonyl (C=O) groups excluding carboxylic acids is 2. The van der Waals surface area contributed by atoms with Crippen LogP contribution < -0.4 is 5.32 Å². The van der Waals surface area contributed by atoms with Crippen molar-refractivity contribution < 1.29 is 14.3 Å². The highest BCUT2D eigenvalue weighted by molar-refractivity contribution is 5.84. The summed E-state index contributed by atoms with van der Waals surface area (Å²) in [6.07, 6.45) is 1.58. The minimum Gasteiger partial charge on any atom is -0.444 e. The van der Waals surface area contributed by atoms with Gasteiger partial charge in [0.1, 0.15) is 5.60 Å². The molecule has 0 aromatic heterocycles. The number of rotatable bonds is 5. The van der Waals surface area contributed by atoms with E-state index in [1.54, 1.807) is 4.90 Å². The molecule has 0 radical (unpaired) electrons. The van der Waals surface area contributed by atoms with Crippen LogP contribution >= 0.6 is 0 Å². The maximum absolute atomic E-state index is 12.8. The summed E-state index contributed by atoms with van der Waals surface area (Å²) < 4.78 is 5.44. The molecule has 1 unspecified atom stereocenters. The second-order valence-corrected chi connectivity index (χ2v) is 10.0. The van der Waals surface area contributed by atoms with Gasteiger partial charge in [0, 0.05) is 24.5 Å². The molecule has 0 spiro atoms. The van der Waals surface area contributed by atoms with Gasteiger partial charge in [0.2, 0.25) is 5.91 Å². The van der Waals surface area contributed by atoms with Crippen LogP contribution in [0.4, 0.5) is 4.79 Å². The van der Waals surface area contributed by atoms with Gasteiger partial charge in [-0.2, -0.15) is 0 Å². The van der Waals surface area contributed by atoms with E-state index in [9.17, 15) is 9.59 Å². The van der Waals surface area contributed by atoms with Gasteiger partial charge in [0.25, 0.3) is 0 Å². The first kappa shape index (κ1) is 20.7. The average molecular weight is 387 g/mol. The summed E-state index contributed by atoms with van der Waals surface area (Å²) in [6, 6.07) is 8.40. The van der Waals surface area contributed by atoms with E-state index in [0.717, 1.165) is 12.8 Å². The number of nitrogens with zero attached hydrogens (tertiary/aromatic N) is 1. The summed E-state index contributed by atoms with van der Waals surface area (Å²) >= 11 is 0. The highest BCUT2D eigenvalue weighted by atomic mass is 16.6. The fraction of sp³-hybridized carbons (Fsp3) is 0.652. The maximum Gasteiger partial charge on any atom is 0.410 e. The first-order chi connectivity index (χ1) is 13.0. The van der Waals surface area contributed by atoms with Crippen molar-refractivity contribution in [3.8, 4) is 0 Å². The summed E-state index contributed by atoms with van der Waals surface area (Å²) in [4.78, 5) is 26.7. The fourth-order valence-corrected chi connectivity index (χ4v) is 4.21. The number of hydrogen-bond acceptors (Lipinski definition) is 3. The predicted molar refractivity (Wildman–Crippen MR) is 110 cm³/mol. The molecule has 5 nitrogen and oxygen atoms in total. The molecule has 2 fully saturated rings. The SMILES string of the molecule is Cc1ccccc1CCC(C)(C)NC(=O)C1[C@H]2CN(C(=O)OC(C)(C)C)C[C@@H]12. The highest BCUT2D eigenvalue weighted by Gasteiger charge is 2.60. The number of fused-ring (bicyclic) bond motifs is 1. The van der Waals surface area contributed by atoms with Crippen molar-refractivity contribution in [2.24, 2.45) is 17.8 Å². The van der Waals surface area contributed by atoms with Crippen LogP contribution in [0.1, 0.15) is 52.2 Å². The van der Waals surface area contributed by atoms with Crippen LogP contribution in [0.25, 0.3) is 0 Å². The van der Waals surface area contributed by atoms with Crippen molar-refractivity contribution in [3.05, 3.63) is 35.4 Å². The van der Waals surface area contributed by atoms with E-state index in [0.29, 0.717) is 13.1 Å². The van der Waals surface area contributed by atoms with Crippen LogP contribution in [0, 0.1) is 24.7 Å². The standard InChI is InChI=1S/C23H34N2O3/c1-15-9-7-8-10-16(15)11-12-23(5,6)24-20(26)19-17-13-25(14-18(17)19)21(27)28-22(2,3)4/h7-10,17-19H,11-14H2,1-6H3,(H,24,26)/t17-,18+,19?. The lowest BCUT2D eigenvalue weighted by atomic mass is 9.93. The molecule has 1 saturated heterocycles. The van der Waals surface area contributed by atoms with E-state index in [1.165, 1.54) is 11.1 Å². The number of carbonyl (C=O) groups is 2.